The van der Waals surface area contributed by atoms with Gasteiger partial charge in [-0.3, -0.25) is 0 Å². The van der Waals surface area contributed by atoms with Crippen molar-refractivity contribution in [2.75, 3.05) is 6.61 Å². The fourth-order valence-electron chi connectivity index (χ4n) is 2.07. The van der Waals surface area contributed by atoms with E-state index in [1.807, 2.05) is 30.3 Å². The van der Waals surface area contributed by atoms with Crippen LogP contribution in [0.5, 0.6) is 5.75 Å². The summed E-state index contributed by atoms with van der Waals surface area (Å²) in [6.45, 7) is 2.17. The van der Waals surface area contributed by atoms with Crippen LogP contribution in [-0.4, -0.2) is 17.8 Å². The molecule has 0 aromatic heterocycles. The molecule has 2 atom stereocenters. The topological polar surface area (TPSA) is 29.5 Å². The van der Waals surface area contributed by atoms with E-state index in [2.05, 4.69) is 0 Å². The molecule has 0 spiro atoms. The van der Waals surface area contributed by atoms with E-state index < -0.39 is 6.10 Å². The number of halogens is 2. The second-order valence-electron chi connectivity index (χ2n) is 5.08. The van der Waals surface area contributed by atoms with Crippen LogP contribution in [0.1, 0.15) is 12.5 Å². The maximum Gasteiger partial charge on any atom is 0.137 e. The fraction of sp³-hybridized carbons (Fsp3) is 0.294. The molecular formula is C17H18Cl2O2. The van der Waals surface area contributed by atoms with E-state index in [1.54, 1.807) is 25.1 Å². The van der Waals surface area contributed by atoms with Gasteiger partial charge in [0.1, 0.15) is 5.75 Å². The van der Waals surface area contributed by atoms with E-state index in [1.165, 1.54) is 5.56 Å². The monoisotopic (exact) mass is 324 g/mol. The number of aliphatic hydroxyl groups excluding tert-OH is 1. The Kier molecular flexibility index (Phi) is 5.92. The van der Waals surface area contributed by atoms with Gasteiger partial charge in [0.05, 0.1) is 17.7 Å². The summed E-state index contributed by atoms with van der Waals surface area (Å²) in [6.07, 6.45) is 0.292. The Morgan fingerprint density at radius 3 is 2.43 bits per heavy atom. The fourth-order valence-corrected chi connectivity index (χ4v) is 2.54. The van der Waals surface area contributed by atoms with E-state index in [0.717, 1.165) is 6.42 Å². The minimum absolute atomic E-state index is 0.000792. The number of hydrogen-bond acceptors (Lipinski definition) is 2. The molecule has 0 aliphatic heterocycles. The molecule has 1 N–H and O–H groups in total. The Balaban J connectivity index is 2.00. The lowest BCUT2D eigenvalue weighted by atomic mass is 9.95. The zero-order chi connectivity index (χ0) is 15.2. The van der Waals surface area contributed by atoms with Gasteiger partial charge >= 0.3 is 0 Å². The Labute approximate surface area is 135 Å². The summed E-state index contributed by atoms with van der Waals surface area (Å²) in [5.74, 6) is 0.582. The maximum atomic E-state index is 9.93. The lowest BCUT2D eigenvalue weighted by molar-refractivity contribution is 0.0889. The molecule has 0 heterocycles. The molecule has 21 heavy (non-hydrogen) atoms. The van der Waals surface area contributed by atoms with Gasteiger partial charge in [0.25, 0.3) is 0 Å². The molecule has 4 heteroatoms. The molecule has 2 nitrogen and oxygen atoms in total. The SMILES string of the molecule is C[C@H](O)[C@@H](COc1ccc(Cl)cc1Cl)Cc1ccccc1. The molecular weight excluding hydrogens is 307 g/mol. The van der Waals surface area contributed by atoms with Crippen molar-refractivity contribution in [1.82, 2.24) is 0 Å². The highest BCUT2D eigenvalue weighted by molar-refractivity contribution is 6.35. The number of rotatable bonds is 6. The standard InChI is InChI=1S/C17H18Cl2O2/c1-12(20)14(9-13-5-3-2-4-6-13)11-21-17-8-7-15(18)10-16(17)19/h2-8,10,12,14,20H,9,11H2,1H3/t12-,14+/m0/s1. The van der Waals surface area contributed by atoms with Crippen molar-refractivity contribution in [3.05, 3.63) is 64.1 Å². The summed E-state index contributed by atoms with van der Waals surface area (Å²) in [5, 5.41) is 11.0. The third kappa shape index (κ3) is 4.92. The van der Waals surface area contributed by atoms with E-state index >= 15 is 0 Å². The van der Waals surface area contributed by atoms with Gasteiger partial charge in [0, 0.05) is 10.9 Å². The molecule has 112 valence electrons. The van der Waals surface area contributed by atoms with E-state index in [4.69, 9.17) is 27.9 Å². The smallest absolute Gasteiger partial charge is 0.137 e. The predicted octanol–water partition coefficient (Wildman–Crippen LogP) is 4.61. The number of benzene rings is 2. The van der Waals surface area contributed by atoms with Crippen molar-refractivity contribution in [2.24, 2.45) is 5.92 Å². The first kappa shape index (κ1) is 16.2. The van der Waals surface area contributed by atoms with Crippen LogP contribution in [0.15, 0.2) is 48.5 Å². The molecule has 2 rings (SSSR count). The van der Waals surface area contributed by atoms with Crippen LogP contribution in [-0.2, 0) is 6.42 Å². The molecule has 0 amide bonds. The van der Waals surface area contributed by atoms with Crippen molar-refractivity contribution < 1.29 is 9.84 Å². The van der Waals surface area contributed by atoms with E-state index in [9.17, 15) is 5.11 Å². The van der Waals surface area contributed by atoms with Gasteiger partial charge in [-0.15, -0.1) is 0 Å². The molecule has 2 aromatic rings. The second-order valence-corrected chi connectivity index (χ2v) is 5.92. The highest BCUT2D eigenvalue weighted by Gasteiger charge is 2.17. The zero-order valence-corrected chi connectivity index (χ0v) is 13.3. The summed E-state index contributed by atoms with van der Waals surface area (Å²) in [7, 11) is 0. The first-order valence-corrected chi connectivity index (χ1v) is 7.61. The summed E-state index contributed by atoms with van der Waals surface area (Å²) in [4.78, 5) is 0. The van der Waals surface area contributed by atoms with Crippen LogP contribution in [0.2, 0.25) is 10.0 Å². The molecule has 0 aliphatic carbocycles. The summed E-state index contributed by atoms with van der Waals surface area (Å²) >= 11 is 11.9. The Morgan fingerprint density at radius 1 is 1.10 bits per heavy atom. The molecule has 0 aliphatic rings. The molecule has 0 saturated heterocycles. The van der Waals surface area contributed by atoms with Crippen LogP contribution >= 0.6 is 23.2 Å². The Morgan fingerprint density at radius 2 is 1.81 bits per heavy atom. The molecule has 0 unspecified atom stereocenters. The van der Waals surface area contributed by atoms with Crippen molar-refractivity contribution >= 4 is 23.2 Å². The largest absolute Gasteiger partial charge is 0.492 e. The van der Waals surface area contributed by atoms with Gasteiger partial charge in [0.15, 0.2) is 0 Å². The molecule has 0 bridgehead atoms. The second kappa shape index (κ2) is 7.69. The third-order valence-corrected chi connectivity index (χ3v) is 3.90. The normalized spacial score (nSPS) is 13.7. The van der Waals surface area contributed by atoms with Crippen LogP contribution < -0.4 is 4.74 Å². The molecule has 0 saturated carbocycles. The molecule has 2 aromatic carbocycles. The zero-order valence-electron chi connectivity index (χ0n) is 11.8. The van der Waals surface area contributed by atoms with Gasteiger partial charge in [0.2, 0.25) is 0 Å². The average Bonchev–Trinajstić information content (AvgIpc) is 2.46. The lowest BCUT2D eigenvalue weighted by Gasteiger charge is -2.21. The van der Waals surface area contributed by atoms with Crippen LogP contribution in [0, 0.1) is 5.92 Å². The van der Waals surface area contributed by atoms with Crippen LogP contribution in [0.25, 0.3) is 0 Å². The van der Waals surface area contributed by atoms with Crippen LogP contribution in [0.4, 0.5) is 0 Å². The molecule has 0 radical (unpaired) electrons. The van der Waals surface area contributed by atoms with Crippen molar-refractivity contribution in [3.63, 3.8) is 0 Å². The van der Waals surface area contributed by atoms with Crippen molar-refractivity contribution in [1.29, 1.82) is 0 Å². The van der Waals surface area contributed by atoms with Crippen LogP contribution in [0.3, 0.4) is 0 Å². The minimum Gasteiger partial charge on any atom is -0.492 e. The highest BCUT2D eigenvalue weighted by Crippen LogP contribution is 2.28. The summed E-state index contributed by atoms with van der Waals surface area (Å²) in [5.41, 5.74) is 1.18. The van der Waals surface area contributed by atoms with Crippen molar-refractivity contribution in [2.45, 2.75) is 19.4 Å². The number of ether oxygens (including phenoxy) is 1. The first-order chi connectivity index (χ1) is 10.1. The number of aliphatic hydroxyl groups is 1. The van der Waals surface area contributed by atoms with E-state index in [0.29, 0.717) is 22.4 Å². The predicted molar refractivity (Wildman–Crippen MR) is 87.3 cm³/mol. The van der Waals surface area contributed by atoms with Gasteiger partial charge in [-0.2, -0.15) is 0 Å². The number of hydrogen-bond donors (Lipinski definition) is 1. The minimum atomic E-state index is -0.462. The lowest BCUT2D eigenvalue weighted by Crippen LogP contribution is -2.26. The Bertz CT molecular complexity index is 570. The van der Waals surface area contributed by atoms with Crippen molar-refractivity contribution in [3.8, 4) is 5.75 Å². The summed E-state index contributed by atoms with van der Waals surface area (Å²) in [6, 6.07) is 15.2. The van der Waals surface area contributed by atoms with Gasteiger partial charge in [-0.25, -0.2) is 0 Å². The first-order valence-electron chi connectivity index (χ1n) is 6.86. The Hall–Kier alpha value is -1.22. The summed E-state index contributed by atoms with van der Waals surface area (Å²) < 4.78 is 5.74. The van der Waals surface area contributed by atoms with Gasteiger partial charge in [-0.1, -0.05) is 53.5 Å². The van der Waals surface area contributed by atoms with E-state index in [-0.39, 0.29) is 5.92 Å². The quantitative estimate of drug-likeness (QED) is 0.840. The third-order valence-electron chi connectivity index (χ3n) is 3.37. The molecule has 0 fully saturated rings. The average molecular weight is 325 g/mol. The van der Waals surface area contributed by atoms with Gasteiger partial charge < -0.3 is 9.84 Å². The van der Waals surface area contributed by atoms with Gasteiger partial charge in [-0.05, 0) is 37.1 Å². The highest BCUT2D eigenvalue weighted by atomic mass is 35.5. The maximum absolute atomic E-state index is 9.93.